The summed E-state index contributed by atoms with van der Waals surface area (Å²) >= 11 is 0. The van der Waals surface area contributed by atoms with E-state index in [2.05, 4.69) is 53.7 Å². The molecule has 4 aliphatic carbocycles. The van der Waals surface area contributed by atoms with Gasteiger partial charge in [-0.15, -0.1) is 0 Å². The number of allylic oxidation sites excluding steroid dienone is 3. The average molecular weight is 413 g/mol. The highest BCUT2D eigenvalue weighted by Gasteiger charge is 2.59. The summed E-state index contributed by atoms with van der Waals surface area (Å²) in [6, 6.07) is 0. The molecular formula is C29H48O. The summed E-state index contributed by atoms with van der Waals surface area (Å²) in [6.07, 6.45) is 17.8. The Labute approximate surface area is 186 Å². The molecule has 1 N–H and O–H groups in total. The topological polar surface area (TPSA) is 20.2 Å². The molecule has 0 bridgehead atoms. The van der Waals surface area contributed by atoms with Crippen LogP contribution in [0.25, 0.3) is 0 Å². The van der Waals surface area contributed by atoms with Crippen molar-refractivity contribution < 1.29 is 5.11 Å². The van der Waals surface area contributed by atoms with Crippen molar-refractivity contribution in [2.75, 3.05) is 0 Å². The van der Waals surface area contributed by atoms with Gasteiger partial charge in [0.1, 0.15) is 0 Å². The van der Waals surface area contributed by atoms with Gasteiger partial charge in [0, 0.05) is 0 Å². The van der Waals surface area contributed by atoms with Gasteiger partial charge in [-0.1, -0.05) is 57.9 Å². The SMILES string of the molecule is CC=C(CC[C@@H](C)[C@H]1CC[C@H]2[C@@H]3CC=C4C[C@@H](O)CC[C@]4(C)[C@H]3CC[C@]12C)C(C)C. The monoisotopic (exact) mass is 412 g/mol. The van der Waals surface area contributed by atoms with Crippen molar-refractivity contribution in [2.45, 2.75) is 112 Å². The summed E-state index contributed by atoms with van der Waals surface area (Å²) in [5.41, 5.74) is 4.21. The number of hydrogen-bond acceptors (Lipinski definition) is 1. The number of rotatable bonds is 5. The van der Waals surface area contributed by atoms with Crippen molar-refractivity contribution in [3.63, 3.8) is 0 Å². The molecule has 0 saturated heterocycles. The average Bonchev–Trinajstić information content (AvgIpc) is 3.06. The van der Waals surface area contributed by atoms with Crippen LogP contribution in [0, 0.1) is 46.3 Å². The van der Waals surface area contributed by atoms with Crippen LogP contribution in [0.2, 0.25) is 0 Å². The number of aliphatic hydroxyl groups is 1. The molecule has 3 fully saturated rings. The Morgan fingerprint density at radius 2 is 1.87 bits per heavy atom. The fourth-order valence-corrected chi connectivity index (χ4v) is 8.98. The minimum absolute atomic E-state index is 0.0839. The zero-order valence-corrected chi connectivity index (χ0v) is 20.7. The summed E-state index contributed by atoms with van der Waals surface area (Å²) in [7, 11) is 0. The van der Waals surface area contributed by atoms with Crippen LogP contribution in [0.15, 0.2) is 23.3 Å². The Balaban J connectivity index is 1.49. The van der Waals surface area contributed by atoms with E-state index < -0.39 is 0 Å². The van der Waals surface area contributed by atoms with Crippen molar-refractivity contribution in [3.8, 4) is 0 Å². The molecule has 8 atom stereocenters. The van der Waals surface area contributed by atoms with Crippen LogP contribution in [0.1, 0.15) is 106 Å². The molecule has 4 aliphatic rings. The lowest BCUT2D eigenvalue weighted by atomic mass is 9.47. The van der Waals surface area contributed by atoms with Crippen LogP contribution in [-0.4, -0.2) is 11.2 Å². The van der Waals surface area contributed by atoms with E-state index in [4.69, 9.17) is 0 Å². The van der Waals surface area contributed by atoms with Gasteiger partial charge in [0.15, 0.2) is 0 Å². The van der Waals surface area contributed by atoms with Gasteiger partial charge in [-0.05, 0) is 117 Å². The summed E-state index contributed by atoms with van der Waals surface area (Å²) in [6.45, 7) is 14.7. The molecule has 3 saturated carbocycles. The third kappa shape index (κ3) is 3.66. The summed E-state index contributed by atoms with van der Waals surface area (Å²) in [4.78, 5) is 0. The maximum atomic E-state index is 10.2. The van der Waals surface area contributed by atoms with Gasteiger partial charge in [-0.3, -0.25) is 0 Å². The smallest absolute Gasteiger partial charge is 0.0577 e. The molecule has 30 heavy (non-hydrogen) atoms. The second kappa shape index (κ2) is 8.42. The van der Waals surface area contributed by atoms with E-state index in [1.165, 1.54) is 51.4 Å². The van der Waals surface area contributed by atoms with Crippen molar-refractivity contribution in [2.24, 2.45) is 46.3 Å². The van der Waals surface area contributed by atoms with E-state index in [0.717, 1.165) is 42.4 Å². The zero-order valence-electron chi connectivity index (χ0n) is 20.7. The summed E-state index contributed by atoms with van der Waals surface area (Å²) in [5.74, 6) is 5.15. The highest BCUT2D eigenvalue weighted by atomic mass is 16.3. The van der Waals surface area contributed by atoms with E-state index in [1.54, 1.807) is 11.1 Å². The first kappa shape index (κ1) is 22.6. The van der Waals surface area contributed by atoms with E-state index in [-0.39, 0.29) is 6.10 Å². The first-order valence-electron chi connectivity index (χ1n) is 13.2. The number of fused-ring (bicyclic) bond motifs is 5. The molecular weight excluding hydrogens is 364 g/mol. The van der Waals surface area contributed by atoms with E-state index in [1.807, 2.05) is 0 Å². The highest BCUT2D eigenvalue weighted by molar-refractivity contribution is 5.25. The van der Waals surface area contributed by atoms with Gasteiger partial charge in [0.05, 0.1) is 6.10 Å². The normalized spacial score (nSPS) is 44.9. The van der Waals surface area contributed by atoms with Crippen LogP contribution in [0.3, 0.4) is 0 Å². The standard InChI is InChI=1S/C29H48O/c1-7-21(19(2)3)9-8-20(4)25-12-13-26-24-11-10-22-18-23(30)14-16-28(22,5)27(24)15-17-29(25,26)6/h7,10,19-20,23-27,30H,8-9,11-18H2,1-6H3/t20-,23+,24+,25-,26+,27+,28+,29-/m1/s1. The maximum Gasteiger partial charge on any atom is 0.0577 e. The second-order valence-electron chi connectivity index (χ2n) is 12.4. The van der Waals surface area contributed by atoms with Gasteiger partial charge < -0.3 is 5.11 Å². The molecule has 1 nitrogen and oxygen atoms in total. The Morgan fingerprint density at radius 1 is 1.10 bits per heavy atom. The predicted octanol–water partition coefficient (Wildman–Crippen LogP) is 7.94. The van der Waals surface area contributed by atoms with Crippen molar-refractivity contribution in [1.29, 1.82) is 0 Å². The molecule has 1 heteroatoms. The van der Waals surface area contributed by atoms with Crippen LogP contribution < -0.4 is 0 Å². The molecule has 0 aromatic carbocycles. The molecule has 0 unspecified atom stereocenters. The van der Waals surface area contributed by atoms with Crippen LogP contribution in [0.5, 0.6) is 0 Å². The van der Waals surface area contributed by atoms with Crippen LogP contribution in [0.4, 0.5) is 0 Å². The Morgan fingerprint density at radius 3 is 2.57 bits per heavy atom. The van der Waals surface area contributed by atoms with Crippen molar-refractivity contribution in [3.05, 3.63) is 23.3 Å². The fourth-order valence-electron chi connectivity index (χ4n) is 8.98. The largest absolute Gasteiger partial charge is 0.393 e. The lowest BCUT2D eigenvalue weighted by Gasteiger charge is -2.58. The lowest BCUT2D eigenvalue weighted by molar-refractivity contribution is -0.0571. The zero-order chi connectivity index (χ0) is 21.7. The van der Waals surface area contributed by atoms with Crippen molar-refractivity contribution >= 4 is 0 Å². The summed E-state index contributed by atoms with van der Waals surface area (Å²) < 4.78 is 0. The molecule has 0 aromatic rings. The molecule has 0 heterocycles. The predicted molar refractivity (Wildman–Crippen MR) is 128 cm³/mol. The lowest BCUT2D eigenvalue weighted by Crippen LogP contribution is -2.50. The highest BCUT2D eigenvalue weighted by Crippen LogP contribution is 2.67. The maximum absolute atomic E-state index is 10.2. The second-order valence-corrected chi connectivity index (χ2v) is 12.4. The summed E-state index contributed by atoms with van der Waals surface area (Å²) in [5, 5.41) is 10.2. The Bertz CT molecular complexity index is 686. The first-order valence-corrected chi connectivity index (χ1v) is 13.2. The van der Waals surface area contributed by atoms with Gasteiger partial charge in [0.25, 0.3) is 0 Å². The Hall–Kier alpha value is -0.560. The molecule has 0 radical (unpaired) electrons. The van der Waals surface area contributed by atoms with Crippen LogP contribution in [-0.2, 0) is 0 Å². The van der Waals surface area contributed by atoms with Gasteiger partial charge in [-0.25, -0.2) is 0 Å². The molecule has 0 spiro atoms. The van der Waals surface area contributed by atoms with Gasteiger partial charge in [-0.2, -0.15) is 0 Å². The minimum atomic E-state index is -0.0839. The van der Waals surface area contributed by atoms with Gasteiger partial charge in [0.2, 0.25) is 0 Å². The molecule has 4 rings (SSSR count). The fraction of sp³-hybridized carbons (Fsp3) is 0.862. The van der Waals surface area contributed by atoms with E-state index in [9.17, 15) is 5.11 Å². The van der Waals surface area contributed by atoms with Crippen LogP contribution >= 0.6 is 0 Å². The molecule has 0 amide bonds. The molecule has 0 aliphatic heterocycles. The Kier molecular flexibility index (Phi) is 6.35. The molecule has 170 valence electrons. The third-order valence-corrected chi connectivity index (χ3v) is 10.8. The quantitative estimate of drug-likeness (QED) is 0.454. The van der Waals surface area contributed by atoms with E-state index in [0.29, 0.717) is 16.7 Å². The van der Waals surface area contributed by atoms with E-state index >= 15 is 0 Å². The van der Waals surface area contributed by atoms with Crippen molar-refractivity contribution in [1.82, 2.24) is 0 Å². The minimum Gasteiger partial charge on any atom is -0.393 e. The molecule has 0 aromatic heterocycles. The number of aliphatic hydroxyl groups excluding tert-OH is 1. The van der Waals surface area contributed by atoms with Gasteiger partial charge >= 0.3 is 0 Å². The first-order chi connectivity index (χ1) is 14.2. The third-order valence-electron chi connectivity index (χ3n) is 10.8. The number of hydrogen-bond donors (Lipinski definition) is 1.